The molecule has 0 aliphatic carbocycles. The fraction of sp³-hybridized carbons (Fsp3) is 0.0769. The molecule has 2 rings (SSSR count). The van der Waals surface area contributed by atoms with E-state index in [-0.39, 0.29) is 4.83 Å². The van der Waals surface area contributed by atoms with E-state index in [2.05, 4.69) is 50.1 Å². The summed E-state index contributed by atoms with van der Waals surface area (Å²) < 4.78 is 1.09. The Hall–Kier alpha value is -0.310. The van der Waals surface area contributed by atoms with Crippen LogP contribution >= 0.6 is 43.5 Å². The number of benzene rings is 2. The van der Waals surface area contributed by atoms with Crippen LogP contribution < -0.4 is 0 Å². The molecule has 0 spiro atoms. The molecule has 0 aromatic heterocycles. The van der Waals surface area contributed by atoms with E-state index in [0.29, 0.717) is 0 Å². The van der Waals surface area contributed by atoms with Crippen LogP contribution in [-0.2, 0) is 0 Å². The first kappa shape index (κ1) is 12.2. The highest BCUT2D eigenvalue weighted by atomic mass is 79.9. The van der Waals surface area contributed by atoms with Gasteiger partial charge in [0.2, 0.25) is 0 Å². The second kappa shape index (κ2) is 5.35. The van der Waals surface area contributed by atoms with Gasteiger partial charge in [0.25, 0.3) is 0 Å². The Morgan fingerprint density at radius 1 is 0.938 bits per heavy atom. The van der Waals surface area contributed by atoms with Crippen molar-refractivity contribution in [1.82, 2.24) is 0 Å². The van der Waals surface area contributed by atoms with Crippen molar-refractivity contribution in [3.8, 4) is 0 Å². The summed E-state index contributed by atoms with van der Waals surface area (Å²) in [5, 5.41) is 0.763. The topological polar surface area (TPSA) is 0 Å². The highest BCUT2D eigenvalue weighted by molar-refractivity contribution is 9.10. The molecule has 0 amide bonds. The van der Waals surface area contributed by atoms with Crippen LogP contribution in [0.3, 0.4) is 0 Å². The van der Waals surface area contributed by atoms with Gasteiger partial charge in [0.15, 0.2) is 0 Å². The number of halogens is 3. The minimum atomic E-state index is 0.180. The highest BCUT2D eigenvalue weighted by Crippen LogP contribution is 2.32. The Balaban J connectivity index is 2.31. The van der Waals surface area contributed by atoms with E-state index >= 15 is 0 Å². The van der Waals surface area contributed by atoms with Gasteiger partial charge in [-0.2, -0.15) is 0 Å². The van der Waals surface area contributed by atoms with Crippen LogP contribution in [-0.4, -0.2) is 0 Å². The highest BCUT2D eigenvalue weighted by Gasteiger charge is 2.09. The second-order valence-electron chi connectivity index (χ2n) is 3.47. The lowest BCUT2D eigenvalue weighted by Crippen LogP contribution is -1.91. The van der Waals surface area contributed by atoms with E-state index in [1.54, 1.807) is 0 Å². The summed E-state index contributed by atoms with van der Waals surface area (Å²) in [7, 11) is 0. The van der Waals surface area contributed by atoms with Crippen molar-refractivity contribution in [2.24, 2.45) is 0 Å². The van der Waals surface area contributed by atoms with E-state index in [1.165, 1.54) is 5.56 Å². The first-order valence-corrected chi connectivity index (χ1v) is 6.90. The van der Waals surface area contributed by atoms with Crippen LogP contribution in [0, 0.1) is 0 Å². The Kier molecular flexibility index (Phi) is 4.06. The maximum absolute atomic E-state index is 5.97. The molecule has 3 heteroatoms. The SMILES string of the molecule is Clc1cccc(C(Br)c2ccc(Br)cc2)c1. The number of hydrogen-bond acceptors (Lipinski definition) is 0. The molecule has 2 aromatic rings. The van der Waals surface area contributed by atoms with Crippen molar-refractivity contribution < 1.29 is 0 Å². The minimum Gasteiger partial charge on any atom is -0.0843 e. The Morgan fingerprint density at radius 2 is 1.62 bits per heavy atom. The molecule has 0 bridgehead atoms. The molecular formula is C13H9Br2Cl. The molecule has 0 radical (unpaired) electrons. The van der Waals surface area contributed by atoms with Gasteiger partial charge < -0.3 is 0 Å². The fourth-order valence-electron chi connectivity index (χ4n) is 1.49. The molecule has 0 nitrogen and oxygen atoms in total. The molecule has 2 aromatic carbocycles. The summed E-state index contributed by atoms with van der Waals surface area (Å²) in [6, 6.07) is 16.1. The van der Waals surface area contributed by atoms with Crippen molar-refractivity contribution in [3.63, 3.8) is 0 Å². The third kappa shape index (κ3) is 2.88. The number of alkyl halides is 1. The summed E-state index contributed by atoms with van der Waals surface area (Å²) in [6.07, 6.45) is 0. The van der Waals surface area contributed by atoms with Gasteiger partial charge in [0.05, 0.1) is 4.83 Å². The smallest absolute Gasteiger partial charge is 0.0645 e. The predicted octanol–water partition coefficient (Wildman–Crippen LogP) is 5.59. The average Bonchev–Trinajstić information content (AvgIpc) is 2.29. The molecule has 0 heterocycles. The van der Waals surface area contributed by atoms with Gasteiger partial charge in [-0.05, 0) is 35.4 Å². The Bertz CT molecular complexity index is 480. The molecule has 0 saturated carbocycles. The third-order valence-electron chi connectivity index (χ3n) is 2.30. The van der Waals surface area contributed by atoms with Gasteiger partial charge >= 0.3 is 0 Å². The van der Waals surface area contributed by atoms with Crippen LogP contribution in [0.4, 0.5) is 0 Å². The lowest BCUT2D eigenvalue weighted by molar-refractivity contribution is 1.18. The van der Waals surface area contributed by atoms with Crippen LogP contribution in [0.15, 0.2) is 53.0 Å². The molecule has 1 unspecified atom stereocenters. The van der Waals surface area contributed by atoms with Crippen LogP contribution in [0.2, 0.25) is 5.02 Å². The lowest BCUT2D eigenvalue weighted by Gasteiger charge is -2.11. The van der Waals surface area contributed by atoms with Crippen molar-refractivity contribution >= 4 is 43.5 Å². The van der Waals surface area contributed by atoms with Crippen molar-refractivity contribution in [2.45, 2.75) is 4.83 Å². The maximum atomic E-state index is 5.97. The lowest BCUT2D eigenvalue weighted by atomic mass is 10.1. The molecule has 0 saturated heterocycles. The maximum Gasteiger partial charge on any atom is 0.0645 e. The zero-order valence-electron chi connectivity index (χ0n) is 8.33. The first-order chi connectivity index (χ1) is 7.66. The molecular weight excluding hydrogens is 351 g/mol. The van der Waals surface area contributed by atoms with E-state index in [0.717, 1.165) is 15.1 Å². The van der Waals surface area contributed by atoms with Gasteiger partial charge in [-0.15, -0.1) is 0 Å². The van der Waals surface area contributed by atoms with Gasteiger partial charge in [0, 0.05) is 9.50 Å². The van der Waals surface area contributed by atoms with Crippen molar-refractivity contribution in [1.29, 1.82) is 0 Å². The summed E-state index contributed by atoms with van der Waals surface area (Å²) in [6.45, 7) is 0. The molecule has 82 valence electrons. The second-order valence-corrected chi connectivity index (χ2v) is 5.74. The third-order valence-corrected chi connectivity index (χ3v) is 4.13. The Morgan fingerprint density at radius 3 is 2.25 bits per heavy atom. The molecule has 1 atom stereocenters. The summed E-state index contributed by atoms with van der Waals surface area (Å²) in [5.74, 6) is 0. The molecule has 0 N–H and O–H groups in total. The van der Waals surface area contributed by atoms with Crippen LogP contribution in [0.25, 0.3) is 0 Å². The first-order valence-electron chi connectivity index (χ1n) is 4.82. The standard InChI is InChI=1S/C13H9Br2Cl/c14-11-6-4-9(5-7-11)13(15)10-2-1-3-12(16)8-10/h1-8,13H. The zero-order valence-corrected chi connectivity index (χ0v) is 12.3. The average molecular weight is 360 g/mol. The molecule has 0 aliphatic rings. The molecule has 0 aliphatic heterocycles. The summed E-state index contributed by atoms with van der Waals surface area (Å²) >= 11 is 13.1. The van der Waals surface area contributed by atoms with E-state index in [1.807, 2.05) is 30.3 Å². The summed E-state index contributed by atoms with van der Waals surface area (Å²) in [4.78, 5) is 0.180. The van der Waals surface area contributed by atoms with Crippen LogP contribution in [0.1, 0.15) is 16.0 Å². The quantitative estimate of drug-likeness (QED) is 0.613. The molecule has 16 heavy (non-hydrogen) atoms. The number of rotatable bonds is 2. The van der Waals surface area contributed by atoms with Crippen molar-refractivity contribution in [2.75, 3.05) is 0 Å². The Labute approximate surface area is 117 Å². The largest absolute Gasteiger partial charge is 0.0843 e. The van der Waals surface area contributed by atoms with Crippen LogP contribution in [0.5, 0.6) is 0 Å². The van der Waals surface area contributed by atoms with E-state index < -0.39 is 0 Å². The van der Waals surface area contributed by atoms with Crippen molar-refractivity contribution in [3.05, 3.63) is 69.2 Å². The van der Waals surface area contributed by atoms with Gasteiger partial charge in [-0.3, -0.25) is 0 Å². The van der Waals surface area contributed by atoms with Gasteiger partial charge in [0.1, 0.15) is 0 Å². The monoisotopic (exact) mass is 358 g/mol. The molecule has 0 fully saturated rings. The predicted molar refractivity (Wildman–Crippen MR) is 76.4 cm³/mol. The van der Waals surface area contributed by atoms with Gasteiger partial charge in [-0.25, -0.2) is 0 Å². The minimum absolute atomic E-state index is 0.180. The van der Waals surface area contributed by atoms with E-state index in [4.69, 9.17) is 11.6 Å². The van der Waals surface area contributed by atoms with E-state index in [9.17, 15) is 0 Å². The number of hydrogen-bond donors (Lipinski definition) is 0. The fourth-order valence-corrected chi connectivity index (χ4v) is 2.54. The normalized spacial score (nSPS) is 12.4. The summed E-state index contributed by atoms with van der Waals surface area (Å²) in [5.41, 5.74) is 2.38. The van der Waals surface area contributed by atoms with Gasteiger partial charge in [-0.1, -0.05) is 67.7 Å². The zero-order chi connectivity index (χ0) is 11.5.